The number of aromatic nitrogens is 1. The minimum Gasteiger partial charge on any atom is -0.465 e. The molecule has 0 saturated heterocycles. The van der Waals surface area contributed by atoms with Gasteiger partial charge in [-0.05, 0) is 53.2 Å². The van der Waals surface area contributed by atoms with Crippen molar-refractivity contribution in [3.8, 4) is 0 Å². The zero-order valence-corrected chi connectivity index (χ0v) is 16.0. The van der Waals surface area contributed by atoms with Crippen LogP contribution in [0, 0.1) is 0 Å². The van der Waals surface area contributed by atoms with Gasteiger partial charge in [-0.25, -0.2) is 4.79 Å². The molecule has 8 heteroatoms. The Morgan fingerprint density at radius 1 is 1.32 bits per heavy atom. The molecule has 1 amide bonds. The van der Waals surface area contributed by atoms with E-state index in [9.17, 15) is 14.4 Å². The van der Waals surface area contributed by atoms with Crippen LogP contribution in [0.5, 0.6) is 0 Å². The number of methoxy groups -OCH3 is 1. The van der Waals surface area contributed by atoms with Gasteiger partial charge in [-0.3, -0.25) is 9.59 Å². The van der Waals surface area contributed by atoms with Crippen molar-refractivity contribution in [1.82, 2.24) is 4.57 Å². The van der Waals surface area contributed by atoms with Crippen LogP contribution in [0.4, 0.5) is 5.00 Å². The summed E-state index contributed by atoms with van der Waals surface area (Å²) in [6.45, 7) is -0.124. The van der Waals surface area contributed by atoms with Crippen LogP contribution in [0.3, 0.4) is 0 Å². The number of thiophene rings is 1. The molecule has 2 aromatic rings. The smallest absolute Gasteiger partial charge is 0.341 e. The molecule has 1 aliphatic carbocycles. The Balaban J connectivity index is 1.86. The Labute approximate surface area is 156 Å². The summed E-state index contributed by atoms with van der Waals surface area (Å²) in [7, 11) is 1.34. The van der Waals surface area contributed by atoms with E-state index in [2.05, 4.69) is 21.2 Å². The molecule has 132 valence electrons. The van der Waals surface area contributed by atoms with Gasteiger partial charge in [-0.1, -0.05) is 0 Å². The van der Waals surface area contributed by atoms with E-state index >= 15 is 0 Å². The van der Waals surface area contributed by atoms with Gasteiger partial charge < -0.3 is 14.6 Å². The Kier molecular flexibility index (Phi) is 5.39. The molecular formula is C17H17BrN2O4S. The third-order valence-corrected chi connectivity index (χ3v) is 5.75. The van der Waals surface area contributed by atoms with Crippen LogP contribution in [-0.2, 0) is 28.9 Å². The molecule has 2 aromatic heterocycles. The summed E-state index contributed by atoms with van der Waals surface area (Å²) in [4.78, 5) is 37.5. The number of rotatable bonds is 4. The first-order valence-corrected chi connectivity index (χ1v) is 9.49. The van der Waals surface area contributed by atoms with Crippen LogP contribution in [0.1, 0.15) is 33.6 Å². The molecule has 0 unspecified atom stereocenters. The van der Waals surface area contributed by atoms with E-state index in [-0.39, 0.29) is 18.0 Å². The maximum absolute atomic E-state index is 12.4. The van der Waals surface area contributed by atoms with E-state index in [0.29, 0.717) is 15.0 Å². The number of amides is 1. The van der Waals surface area contributed by atoms with Gasteiger partial charge in [0.2, 0.25) is 5.91 Å². The predicted molar refractivity (Wildman–Crippen MR) is 99.3 cm³/mol. The highest BCUT2D eigenvalue weighted by atomic mass is 79.9. The molecule has 1 aliphatic rings. The number of fused-ring (bicyclic) bond motifs is 1. The lowest BCUT2D eigenvalue weighted by Crippen LogP contribution is -2.27. The van der Waals surface area contributed by atoms with Crippen molar-refractivity contribution in [1.29, 1.82) is 0 Å². The van der Waals surface area contributed by atoms with Crippen LogP contribution < -0.4 is 10.9 Å². The molecule has 6 nitrogen and oxygen atoms in total. The van der Waals surface area contributed by atoms with Crippen molar-refractivity contribution < 1.29 is 14.3 Å². The molecule has 0 fully saturated rings. The number of anilines is 1. The molecule has 0 aliphatic heterocycles. The standard InChI is InChI=1S/C17H17BrN2O4S/c1-24-17(23)15-11-4-2-3-5-12(11)25-16(15)19-13(21)9-20-8-10(18)6-7-14(20)22/h6-8H,2-5,9H2,1H3,(H,19,21). The van der Waals surface area contributed by atoms with Gasteiger partial charge in [0.05, 0.1) is 12.7 Å². The number of nitrogens with zero attached hydrogens (tertiary/aromatic N) is 1. The number of esters is 1. The van der Waals surface area contributed by atoms with E-state index < -0.39 is 5.97 Å². The number of hydrogen-bond acceptors (Lipinski definition) is 5. The van der Waals surface area contributed by atoms with Crippen LogP contribution in [0.2, 0.25) is 0 Å². The summed E-state index contributed by atoms with van der Waals surface area (Å²) in [6, 6.07) is 3.01. The van der Waals surface area contributed by atoms with Crippen molar-refractivity contribution in [2.75, 3.05) is 12.4 Å². The summed E-state index contributed by atoms with van der Waals surface area (Å²) in [5.41, 5.74) is 1.17. The van der Waals surface area contributed by atoms with Gasteiger partial charge in [0.1, 0.15) is 11.5 Å². The number of ether oxygens (including phenoxy) is 1. The SMILES string of the molecule is COC(=O)c1c(NC(=O)Cn2cc(Br)ccc2=O)sc2c1CCCC2. The molecule has 3 rings (SSSR count). The number of hydrogen-bond donors (Lipinski definition) is 1. The summed E-state index contributed by atoms with van der Waals surface area (Å²) in [6.07, 6.45) is 5.38. The van der Waals surface area contributed by atoms with Gasteiger partial charge in [-0.2, -0.15) is 0 Å². The van der Waals surface area contributed by atoms with Crippen molar-refractivity contribution in [2.24, 2.45) is 0 Å². The second kappa shape index (κ2) is 7.53. The number of carbonyl (C=O) groups excluding carboxylic acids is 2. The molecule has 0 saturated carbocycles. The van der Waals surface area contributed by atoms with E-state index in [1.165, 1.54) is 29.1 Å². The van der Waals surface area contributed by atoms with E-state index in [1.54, 1.807) is 12.3 Å². The van der Waals surface area contributed by atoms with Gasteiger partial charge in [0, 0.05) is 21.6 Å². The lowest BCUT2D eigenvalue weighted by atomic mass is 9.95. The second-order valence-electron chi connectivity index (χ2n) is 5.77. The normalized spacial score (nSPS) is 13.2. The van der Waals surface area contributed by atoms with E-state index in [1.807, 2.05) is 0 Å². The zero-order valence-electron chi connectivity index (χ0n) is 13.6. The Bertz CT molecular complexity index is 887. The summed E-state index contributed by atoms with van der Waals surface area (Å²) < 4.78 is 6.91. The van der Waals surface area contributed by atoms with Crippen molar-refractivity contribution in [2.45, 2.75) is 32.2 Å². The summed E-state index contributed by atoms with van der Waals surface area (Å²) in [5, 5.41) is 3.29. The predicted octanol–water partition coefficient (Wildman–Crippen LogP) is 2.98. The Morgan fingerprint density at radius 2 is 2.08 bits per heavy atom. The van der Waals surface area contributed by atoms with E-state index in [4.69, 9.17) is 4.74 Å². The molecule has 0 radical (unpaired) electrons. The zero-order chi connectivity index (χ0) is 18.0. The number of aryl methyl sites for hydroxylation is 1. The lowest BCUT2D eigenvalue weighted by molar-refractivity contribution is -0.116. The number of pyridine rings is 1. The molecule has 0 atom stereocenters. The highest BCUT2D eigenvalue weighted by molar-refractivity contribution is 9.10. The average molecular weight is 425 g/mol. The second-order valence-corrected chi connectivity index (χ2v) is 7.79. The van der Waals surface area contributed by atoms with Gasteiger partial charge >= 0.3 is 5.97 Å². The first-order chi connectivity index (χ1) is 12.0. The molecule has 25 heavy (non-hydrogen) atoms. The molecular weight excluding hydrogens is 408 g/mol. The minimum absolute atomic E-state index is 0.124. The van der Waals surface area contributed by atoms with Crippen LogP contribution >= 0.6 is 27.3 Å². The topological polar surface area (TPSA) is 77.4 Å². The number of nitrogens with one attached hydrogen (secondary N) is 1. The van der Waals surface area contributed by atoms with Crippen molar-refractivity contribution in [3.63, 3.8) is 0 Å². The van der Waals surface area contributed by atoms with Crippen LogP contribution in [0.25, 0.3) is 0 Å². The van der Waals surface area contributed by atoms with Gasteiger partial charge in [-0.15, -0.1) is 11.3 Å². The Morgan fingerprint density at radius 3 is 2.84 bits per heavy atom. The minimum atomic E-state index is -0.436. The van der Waals surface area contributed by atoms with Gasteiger partial charge in [0.25, 0.3) is 5.56 Å². The maximum Gasteiger partial charge on any atom is 0.341 e. The fourth-order valence-corrected chi connectivity index (χ4v) is 4.59. The molecule has 0 bridgehead atoms. The average Bonchev–Trinajstić information content (AvgIpc) is 2.95. The largest absolute Gasteiger partial charge is 0.465 e. The third kappa shape index (κ3) is 3.85. The van der Waals surface area contributed by atoms with Crippen molar-refractivity contribution in [3.05, 3.63) is 49.2 Å². The van der Waals surface area contributed by atoms with E-state index in [0.717, 1.165) is 36.1 Å². The van der Waals surface area contributed by atoms with Crippen molar-refractivity contribution >= 4 is 44.1 Å². The number of halogens is 1. The summed E-state index contributed by atoms with van der Waals surface area (Å²) in [5.74, 6) is -0.793. The monoisotopic (exact) mass is 424 g/mol. The Hall–Kier alpha value is -1.93. The number of carbonyl (C=O) groups is 2. The fourth-order valence-electron chi connectivity index (χ4n) is 2.92. The molecule has 0 aromatic carbocycles. The third-order valence-electron chi connectivity index (χ3n) is 4.08. The highest BCUT2D eigenvalue weighted by Crippen LogP contribution is 2.38. The maximum atomic E-state index is 12.4. The molecule has 2 heterocycles. The van der Waals surface area contributed by atoms with Crippen LogP contribution in [-0.4, -0.2) is 23.6 Å². The molecule has 0 spiro atoms. The lowest BCUT2D eigenvalue weighted by Gasteiger charge is -2.12. The highest BCUT2D eigenvalue weighted by Gasteiger charge is 2.26. The molecule has 1 N–H and O–H groups in total. The first-order valence-electron chi connectivity index (χ1n) is 7.88. The summed E-state index contributed by atoms with van der Waals surface area (Å²) >= 11 is 4.70. The first kappa shape index (κ1) is 17.9. The van der Waals surface area contributed by atoms with Crippen LogP contribution in [0.15, 0.2) is 27.6 Å². The quantitative estimate of drug-likeness (QED) is 0.765. The van der Waals surface area contributed by atoms with Gasteiger partial charge in [0.15, 0.2) is 0 Å². The fraction of sp³-hybridized carbons (Fsp3) is 0.353.